The van der Waals surface area contributed by atoms with Gasteiger partial charge in [-0.25, -0.2) is 4.79 Å². The highest BCUT2D eigenvalue weighted by Gasteiger charge is 2.44. The molecule has 0 aliphatic heterocycles. The summed E-state index contributed by atoms with van der Waals surface area (Å²) in [5.41, 5.74) is 1.68. The molecule has 23 heavy (non-hydrogen) atoms. The van der Waals surface area contributed by atoms with Crippen molar-refractivity contribution in [1.29, 1.82) is 0 Å². The minimum absolute atomic E-state index is 0.0725. The van der Waals surface area contributed by atoms with Gasteiger partial charge >= 0.3 is 5.97 Å². The fraction of sp³-hybridized carbons (Fsp3) is 0.381. The average Bonchev–Trinajstić information content (AvgIpc) is 2.68. The van der Waals surface area contributed by atoms with E-state index in [-0.39, 0.29) is 11.4 Å². The predicted octanol–water partition coefficient (Wildman–Crippen LogP) is 5.30. The molecule has 2 heteroatoms. The fourth-order valence-corrected chi connectivity index (χ4v) is 3.75. The minimum atomic E-state index is -0.280. The molecular formula is C21H24O2. The van der Waals surface area contributed by atoms with Crippen molar-refractivity contribution in [3.05, 3.63) is 71.5 Å². The second kappa shape index (κ2) is 6.19. The van der Waals surface area contributed by atoms with E-state index in [1.165, 1.54) is 0 Å². The standard InChI is InChI=1S/C21H24O2/c1-15(2)18-14-19(17-12-8-5-9-13-21(17,18)3)23-20(22)16-10-6-4-7-11-16/h4,6-7,9-15,18H,5,8H2,1-3H3/t18-,21-/m0/s1. The van der Waals surface area contributed by atoms with Gasteiger partial charge in [0.05, 0.1) is 5.56 Å². The van der Waals surface area contributed by atoms with E-state index in [0.29, 0.717) is 17.4 Å². The van der Waals surface area contributed by atoms with Crippen molar-refractivity contribution < 1.29 is 9.53 Å². The smallest absolute Gasteiger partial charge is 0.343 e. The van der Waals surface area contributed by atoms with Crippen molar-refractivity contribution in [3.63, 3.8) is 0 Å². The summed E-state index contributed by atoms with van der Waals surface area (Å²) in [6, 6.07) is 9.19. The largest absolute Gasteiger partial charge is 0.423 e. The molecule has 0 fully saturated rings. The van der Waals surface area contributed by atoms with Crippen LogP contribution in [0.2, 0.25) is 0 Å². The van der Waals surface area contributed by atoms with Gasteiger partial charge in [-0.2, -0.15) is 0 Å². The lowest BCUT2D eigenvalue weighted by Crippen LogP contribution is -2.26. The summed E-state index contributed by atoms with van der Waals surface area (Å²) in [6.45, 7) is 6.71. The lowest BCUT2D eigenvalue weighted by molar-refractivity contribution is 0.0631. The Morgan fingerprint density at radius 1 is 1.22 bits per heavy atom. The third kappa shape index (κ3) is 2.90. The Bertz CT molecular complexity index is 679. The molecule has 0 amide bonds. The van der Waals surface area contributed by atoms with Crippen molar-refractivity contribution in [3.8, 4) is 0 Å². The quantitative estimate of drug-likeness (QED) is 0.560. The number of hydrogen-bond donors (Lipinski definition) is 0. The maximum Gasteiger partial charge on any atom is 0.343 e. The van der Waals surface area contributed by atoms with Gasteiger partial charge < -0.3 is 4.74 Å². The molecule has 2 atom stereocenters. The van der Waals surface area contributed by atoms with Gasteiger partial charge in [0.1, 0.15) is 5.76 Å². The van der Waals surface area contributed by atoms with Crippen LogP contribution in [0, 0.1) is 17.3 Å². The van der Waals surface area contributed by atoms with Crippen LogP contribution < -0.4 is 0 Å². The van der Waals surface area contributed by atoms with E-state index in [1.807, 2.05) is 18.2 Å². The number of fused-ring (bicyclic) bond motifs is 1. The van der Waals surface area contributed by atoms with Gasteiger partial charge in [0, 0.05) is 11.0 Å². The summed E-state index contributed by atoms with van der Waals surface area (Å²) in [7, 11) is 0. The number of carbonyl (C=O) groups excluding carboxylic acids is 1. The normalized spacial score (nSPS) is 26.3. The molecule has 0 bridgehead atoms. The number of benzene rings is 1. The van der Waals surface area contributed by atoms with Crippen molar-refractivity contribution in [2.24, 2.45) is 17.3 Å². The number of hydrogen-bond acceptors (Lipinski definition) is 2. The van der Waals surface area contributed by atoms with E-state index in [1.54, 1.807) is 12.1 Å². The lowest BCUT2D eigenvalue weighted by Gasteiger charge is -2.32. The van der Waals surface area contributed by atoms with E-state index in [9.17, 15) is 4.79 Å². The highest BCUT2D eigenvalue weighted by Crippen LogP contribution is 2.52. The van der Waals surface area contributed by atoms with Crippen LogP contribution in [0.4, 0.5) is 0 Å². The molecule has 2 aliphatic carbocycles. The lowest BCUT2D eigenvalue weighted by atomic mass is 9.71. The summed E-state index contributed by atoms with van der Waals surface area (Å²) in [5, 5.41) is 0. The molecule has 1 aromatic rings. The van der Waals surface area contributed by atoms with Crippen LogP contribution >= 0.6 is 0 Å². The van der Waals surface area contributed by atoms with Crippen LogP contribution in [0.5, 0.6) is 0 Å². The Hall–Kier alpha value is -2.09. The molecule has 0 unspecified atom stereocenters. The van der Waals surface area contributed by atoms with Gasteiger partial charge in [-0.15, -0.1) is 0 Å². The first-order chi connectivity index (χ1) is 11.0. The van der Waals surface area contributed by atoms with Crippen molar-refractivity contribution >= 4 is 5.97 Å². The topological polar surface area (TPSA) is 26.3 Å². The first-order valence-corrected chi connectivity index (χ1v) is 8.40. The zero-order chi connectivity index (χ0) is 16.4. The van der Waals surface area contributed by atoms with Crippen molar-refractivity contribution in [2.75, 3.05) is 0 Å². The van der Waals surface area contributed by atoms with Crippen LogP contribution in [-0.2, 0) is 4.74 Å². The minimum Gasteiger partial charge on any atom is -0.423 e. The van der Waals surface area contributed by atoms with Gasteiger partial charge in [0.15, 0.2) is 0 Å². The molecule has 2 nitrogen and oxygen atoms in total. The van der Waals surface area contributed by atoms with E-state index >= 15 is 0 Å². The number of ether oxygens (including phenoxy) is 1. The number of rotatable bonds is 3. The molecule has 0 spiro atoms. The van der Waals surface area contributed by atoms with Crippen LogP contribution in [-0.4, -0.2) is 5.97 Å². The first kappa shape index (κ1) is 15.8. The Kier molecular flexibility index (Phi) is 4.25. The summed E-state index contributed by atoms with van der Waals surface area (Å²) in [6.07, 6.45) is 11.0. The maximum atomic E-state index is 12.4. The van der Waals surface area contributed by atoms with E-state index < -0.39 is 0 Å². The molecule has 2 aliphatic rings. The summed E-state index contributed by atoms with van der Waals surface area (Å²) in [5.74, 6) is 1.30. The van der Waals surface area contributed by atoms with Crippen molar-refractivity contribution in [1.82, 2.24) is 0 Å². The van der Waals surface area contributed by atoms with Gasteiger partial charge in [-0.05, 0) is 42.9 Å². The highest BCUT2D eigenvalue weighted by atomic mass is 16.5. The van der Waals surface area contributed by atoms with Crippen LogP contribution in [0.1, 0.15) is 44.0 Å². The number of esters is 1. The molecule has 120 valence electrons. The Morgan fingerprint density at radius 2 is 1.96 bits per heavy atom. The van der Waals surface area contributed by atoms with E-state index in [0.717, 1.165) is 24.2 Å². The molecule has 0 saturated carbocycles. The molecule has 0 aromatic heterocycles. The summed E-state index contributed by atoms with van der Waals surface area (Å²) >= 11 is 0. The third-order valence-electron chi connectivity index (χ3n) is 4.95. The third-order valence-corrected chi connectivity index (χ3v) is 4.95. The Balaban J connectivity index is 1.92. The second-order valence-electron chi connectivity index (χ2n) is 6.94. The SMILES string of the molecule is CC(C)[C@@H]1C=C(OC(=O)c2ccccc2)C2=CCCC=C[C@@]21C. The molecule has 0 radical (unpaired) electrons. The van der Waals surface area contributed by atoms with Gasteiger partial charge in [-0.1, -0.05) is 57.2 Å². The number of carbonyl (C=O) groups is 1. The average molecular weight is 308 g/mol. The predicted molar refractivity (Wildman–Crippen MR) is 92.8 cm³/mol. The number of allylic oxidation sites excluding steroid dienone is 5. The van der Waals surface area contributed by atoms with Crippen LogP contribution in [0.25, 0.3) is 0 Å². The molecular weight excluding hydrogens is 284 g/mol. The highest BCUT2D eigenvalue weighted by molar-refractivity contribution is 5.90. The Morgan fingerprint density at radius 3 is 2.65 bits per heavy atom. The second-order valence-corrected chi connectivity index (χ2v) is 6.94. The van der Waals surface area contributed by atoms with Gasteiger partial charge in [0.25, 0.3) is 0 Å². The molecule has 0 saturated heterocycles. The zero-order valence-corrected chi connectivity index (χ0v) is 14.1. The zero-order valence-electron chi connectivity index (χ0n) is 14.1. The van der Waals surface area contributed by atoms with Crippen LogP contribution in [0.3, 0.4) is 0 Å². The molecule has 0 N–H and O–H groups in total. The van der Waals surface area contributed by atoms with E-state index in [4.69, 9.17) is 4.74 Å². The first-order valence-electron chi connectivity index (χ1n) is 8.40. The van der Waals surface area contributed by atoms with E-state index in [2.05, 4.69) is 45.1 Å². The summed E-state index contributed by atoms with van der Waals surface area (Å²) < 4.78 is 5.79. The monoisotopic (exact) mass is 308 g/mol. The summed E-state index contributed by atoms with van der Waals surface area (Å²) in [4.78, 5) is 12.4. The molecule has 1 aromatic carbocycles. The van der Waals surface area contributed by atoms with Gasteiger partial charge in [-0.3, -0.25) is 0 Å². The fourth-order valence-electron chi connectivity index (χ4n) is 3.75. The van der Waals surface area contributed by atoms with Crippen molar-refractivity contribution in [2.45, 2.75) is 33.6 Å². The maximum absolute atomic E-state index is 12.4. The van der Waals surface area contributed by atoms with Gasteiger partial charge in [0.2, 0.25) is 0 Å². The Labute approximate surface area is 138 Å². The van der Waals surface area contributed by atoms with Crippen LogP contribution in [0.15, 0.2) is 66.0 Å². The molecule has 0 heterocycles. The molecule has 3 rings (SSSR count).